The van der Waals surface area contributed by atoms with Crippen molar-refractivity contribution < 1.29 is 24.2 Å². The maximum absolute atomic E-state index is 7.23. The van der Waals surface area contributed by atoms with Gasteiger partial charge in [-0.05, 0) is 50.6 Å². The zero-order valence-corrected chi connectivity index (χ0v) is 27.6. The number of rotatable bonds is 4. The number of fused-ring (bicyclic) bond motifs is 3. The fourth-order valence-electron chi connectivity index (χ4n) is 4.54. The zero-order valence-electron chi connectivity index (χ0n) is 26.4. The molecule has 3 aromatic heterocycles. The minimum Gasteiger partial charge on any atom is -0.304 e. The molecule has 5 heteroatoms. The summed E-state index contributed by atoms with van der Waals surface area (Å²) in [5.41, 5.74) is 5.26. The van der Waals surface area contributed by atoms with Crippen LogP contribution in [0.25, 0.3) is 42.7 Å². The summed E-state index contributed by atoms with van der Waals surface area (Å²) >= 11 is 1.91. The molecule has 0 bridgehead atoms. The summed E-state index contributed by atoms with van der Waals surface area (Å²) in [6.45, 7) is 9.58. The summed E-state index contributed by atoms with van der Waals surface area (Å²) in [7, 11) is -1.39. The van der Waals surface area contributed by atoms with E-state index in [-0.39, 0.29) is 25.7 Å². The molecule has 0 aliphatic heterocycles. The average Bonchev–Trinajstić information content (AvgIpc) is 3.36. The Morgan fingerprint density at radius 1 is 0.775 bits per heavy atom. The molecule has 1 radical (unpaired) electrons. The van der Waals surface area contributed by atoms with Crippen molar-refractivity contribution in [2.24, 2.45) is 0 Å². The van der Waals surface area contributed by atoms with Crippen LogP contribution in [-0.4, -0.2) is 18.0 Å². The van der Waals surface area contributed by atoms with Crippen LogP contribution in [0.15, 0.2) is 91.3 Å². The van der Waals surface area contributed by atoms with E-state index >= 15 is 0 Å². The Bertz CT molecular complexity index is 1810. The van der Waals surface area contributed by atoms with Gasteiger partial charge in [-0.2, -0.15) is 11.3 Å². The number of aryl methyl sites for hydroxylation is 1. The maximum Gasteiger partial charge on any atom is 0.0794 e. The summed E-state index contributed by atoms with van der Waals surface area (Å²) in [6.07, 6.45) is 3.40. The van der Waals surface area contributed by atoms with Crippen molar-refractivity contribution in [2.45, 2.75) is 46.3 Å². The van der Waals surface area contributed by atoms with Crippen molar-refractivity contribution in [2.75, 3.05) is 0 Å². The van der Waals surface area contributed by atoms with Gasteiger partial charge in [0.05, 0.1) is 8.07 Å². The molecule has 0 spiro atoms. The Labute approximate surface area is 261 Å². The zero-order chi connectivity index (χ0) is 30.1. The monoisotopic (exact) mass is 738 g/mol. The van der Waals surface area contributed by atoms with Gasteiger partial charge in [0.15, 0.2) is 0 Å². The molecule has 0 atom stereocenters. The van der Waals surface area contributed by atoms with Gasteiger partial charge in [0, 0.05) is 41.3 Å². The number of pyridine rings is 2. The minimum absolute atomic E-state index is 0. The van der Waals surface area contributed by atoms with Crippen molar-refractivity contribution in [1.29, 1.82) is 0 Å². The SMILES string of the molecule is CC(C)c1ccc(-c2[c-]ccc3c2sc2c([Si](C)(C)C)cccc23)nc1.[2H]C([2H])([2H])c1ccc(-c2[c-]cccc2)nc1.[Ir]. The molecular weight excluding hydrogens is 701 g/mol. The molecule has 2 nitrogen and oxygen atoms in total. The number of thiophene rings is 1. The number of nitrogens with zero attached hydrogens (tertiary/aromatic N) is 2. The van der Waals surface area contributed by atoms with Crippen LogP contribution in [0.4, 0.5) is 0 Å². The number of hydrogen-bond acceptors (Lipinski definition) is 3. The molecule has 0 aliphatic rings. The quantitative estimate of drug-likeness (QED) is 0.133. The van der Waals surface area contributed by atoms with Gasteiger partial charge in [-0.25, -0.2) is 0 Å². The first-order chi connectivity index (χ1) is 19.9. The molecule has 6 aromatic rings. The Kier molecular flexibility index (Phi) is 8.25. The van der Waals surface area contributed by atoms with Gasteiger partial charge in [-0.3, -0.25) is 0 Å². The topological polar surface area (TPSA) is 25.8 Å². The van der Waals surface area contributed by atoms with E-state index in [0.717, 1.165) is 22.5 Å². The van der Waals surface area contributed by atoms with Crippen LogP contribution in [0, 0.1) is 19.0 Å². The molecule has 0 saturated heterocycles. The molecule has 205 valence electrons. The number of hydrogen-bond donors (Lipinski definition) is 0. The van der Waals surface area contributed by atoms with Crippen molar-refractivity contribution >= 4 is 44.8 Å². The van der Waals surface area contributed by atoms with Crippen molar-refractivity contribution in [3.8, 4) is 22.5 Å². The summed E-state index contributed by atoms with van der Waals surface area (Å²) in [5.74, 6) is 0.500. The third-order valence-electron chi connectivity index (χ3n) is 6.72. The van der Waals surface area contributed by atoms with E-state index in [0.29, 0.717) is 5.92 Å². The molecule has 0 N–H and O–H groups in total. The van der Waals surface area contributed by atoms with Crippen molar-refractivity contribution in [3.63, 3.8) is 0 Å². The van der Waals surface area contributed by atoms with Gasteiger partial charge >= 0.3 is 0 Å². The first-order valence-corrected chi connectivity index (χ1v) is 17.5. The van der Waals surface area contributed by atoms with Crippen LogP contribution in [0.1, 0.15) is 35.0 Å². The van der Waals surface area contributed by atoms with Gasteiger partial charge < -0.3 is 9.97 Å². The summed E-state index contributed by atoms with van der Waals surface area (Å²) in [5, 5.41) is 4.25. The van der Waals surface area contributed by atoms with Gasteiger partial charge in [0.2, 0.25) is 0 Å². The van der Waals surface area contributed by atoms with E-state index in [4.69, 9.17) is 9.10 Å². The number of aromatic nitrogens is 2. The third-order valence-corrected chi connectivity index (χ3v) is 10.2. The summed E-state index contributed by atoms with van der Waals surface area (Å²) in [6, 6.07) is 32.6. The van der Waals surface area contributed by atoms with Crippen LogP contribution < -0.4 is 5.19 Å². The minimum atomic E-state index is -2.09. The van der Waals surface area contributed by atoms with Gasteiger partial charge in [-0.15, -0.1) is 59.7 Å². The van der Waals surface area contributed by atoms with Crippen molar-refractivity contribution in [3.05, 3.63) is 115 Å². The van der Waals surface area contributed by atoms with Crippen LogP contribution in [0.5, 0.6) is 0 Å². The molecule has 0 unspecified atom stereocenters. The van der Waals surface area contributed by atoms with Crippen LogP contribution in [-0.2, 0) is 20.1 Å². The molecule has 3 heterocycles. The van der Waals surface area contributed by atoms with E-state index in [1.165, 1.54) is 31.9 Å². The van der Waals surface area contributed by atoms with E-state index in [9.17, 15) is 0 Å². The van der Waals surface area contributed by atoms with Crippen molar-refractivity contribution in [1.82, 2.24) is 9.97 Å². The second-order valence-corrected chi connectivity index (χ2v) is 17.0. The predicted octanol–water partition coefficient (Wildman–Crippen LogP) is 9.44. The van der Waals surface area contributed by atoms with E-state index in [1.54, 1.807) is 23.4 Å². The van der Waals surface area contributed by atoms with E-state index in [1.807, 2.05) is 41.8 Å². The second-order valence-electron chi connectivity index (χ2n) is 11.0. The molecule has 0 aliphatic carbocycles. The molecular formula is C35H34IrN2SSi-2. The van der Waals surface area contributed by atoms with Crippen LogP contribution >= 0.6 is 11.3 Å². The molecule has 6 rings (SSSR count). The summed E-state index contributed by atoms with van der Waals surface area (Å²) in [4.78, 5) is 8.87. The fourth-order valence-corrected chi connectivity index (χ4v) is 8.25. The molecule has 3 aromatic carbocycles. The molecule has 0 amide bonds. The average molecular weight is 738 g/mol. The predicted molar refractivity (Wildman–Crippen MR) is 172 cm³/mol. The second kappa shape index (κ2) is 12.7. The van der Waals surface area contributed by atoms with Crippen LogP contribution in [0.3, 0.4) is 0 Å². The molecule has 0 fully saturated rings. The van der Waals surface area contributed by atoms with Crippen LogP contribution in [0.2, 0.25) is 19.6 Å². The Morgan fingerprint density at radius 3 is 2.17 bits per heavy atom. The largest absolute Gasteiger partial charge is 0.304 e. The standard InChI is InChI=1S/C23H24NSSi.C12H10N.Ir/c1-15(2)16-12-13-20(24-14-16)19-10-6-8-17-18-9-7-11-21(26(3,4)5)23(18)25-22(17)19;1-10-7-8-12(13-9-10)11-5-3-2-4-6-11;/h6-9,11-15H,1-5H3;2-5,7-9H,1H3;/q2*-1;/i;1D3;. The Hall–Kier alpha value is -2.95. The fraction of sp³-hybridized carbons (Fsp3) is 0.200. The van der Waals surface area contributed by atoms with Gasteiger partial charge in [0.1, 0.15) is 0 Å². The molecule has 0 saturated carbocycles. The van der Waals surface area contributed by atoms with Gasteiger partial charge in [-0.1, -0.05) is 81.3 Å². The number of benzene rings is 3. The normalized spacial score (nSPS) is 12.7. The van der Waals surface area contributed by atoms with E-state index in [2.05, 4.69) is 87.0 Å². The maximum atomic E-state index is 7.23. The Balaban J connectivity index is 0.000000215. The first-order valence-electron chi connectivity index (χ1n) is 14.7. The smallest absolute Gasteiger partial charge is 0.0794 e. The summed E-state index contributed by atoms with van der Waals surface area (Å²) < 4.78 is 24.4. The molecule has 40 heavy (non-hydrogen) atoms. The Morgan fingerprint density at radius 2 is 1.55 bits per heavy atom. The third kappa shape index (κ3) is 6.50. The van der Waals surface area contributed by atoms with E-state index < -0.39 is 14.9 Å². The van der Waals surface area contributed by atoms with Gasteiger partial charge in [0.25, 0.3) is 0 Å². The first kappa shape index (κ1) is 26.0.